The summed E-state index contributed by atoms with van der Waals surface area (Å²) in [6.07, 6.45) is 4.71. The Bertz CT molecular complexity index is 158. The molecular formula is C7H12N2O. The molecule has 56 valence electrons. The molecule has 1 amide bonds. The van der Waals surface area contributed by atoms with E-state index in [1.165, 1.54) is 12.8 Å². The molecule has 0 bridgehead atoms. The largest absolute Gasteiger partial charge is 0.291 e. The van der Waals surface area contributed by atoms with Crippen molar-refractivity contribution in [2.24, 2.45) is 5.92 Å². The maximum absolute atomic E-state index is 11.0. The number of amides is 1. The minimum absolute atomic E-state index is 0.199. The molecule has 3 nitrogen and oxygen atoms in total. The average Bonchev–Trinajstić information content (AvgIpc) is 2.34. The fraction of sp³-hybridized carbons (Fsp3) is 0.857. The van der Waals surface area contributed by atoms with Crippen molar-refractivity contribution in [3.05, 3.63) is 0 Å². The first-order valence-electron chi connectivity index (χ1n) is 3.93. The zero-order chi connectivity index (χ0) is 6.97. The van der Waals surface area contributed by atoms with Gasteiger partial charge in [0.05, 0.1) is 5.92 Å². The molecule has 0 aromatic heterocycles. The van der Waals surface area contributed by atoms with Crippen LogP contribution in [0.2, 0.25) is 0 Å². The van der Waals surface area contributed by atoms with E-state index in [1.807, 2.05) is 0 Å². The smallest absolute Gasteiger partial charge is 0.238 e. The van der Waals surface area contributed by atoms with Gasteiger partial charge in [0.25, 0.3) is 0 Å². The number of carbonyl (C=O) groups excluding carboxylic acids is 1. The Morgan fingerprint density at radius 2 is 2.10 bits per heavy atom. The molecule has 1 saturated carbocycles. The first-order chi connectivity index (χ1) is 4.88. The van der Waals surface area contributed by atoms with E-state index in [4.69, 9.17) is 0 Å². The van der Waals surface area contributed by atoms with Crippen LogP contribution in [0, 0.1) is 5.92 Å². The van der Waals surface area contributed by atoms with Gasteiger partial charge in [0.1, 0.15) is 0 Å². The molecule has 1 heterocycles. The molecule has 0 aromatic rings. The lowest BCUT2D eigenvalue weighted by Gasteiger charge is -2.20. The number of carbonyl (C=O) groups is 1. The van der Waals surface area contributed by atoms with Gasteiger partial charge in [-0.05, 0) is 12.8 Å². The topological polar surface area (TPSA) is 41.1 Å². The van der Waals surface area contributed by atoms with Crippen LogP contribution in [0.3, 0.4) is 0 Å². The highest BCUT2D eigenvalue weighted by molar-refractivity contribution is 5.81. The van der Waals surface area contributed by atoms with E-state index >= 15 is 0 Å². The summed E-state index contributed by atoms with van der Waals surface area (Å²) in [6, 6.07) is 0.432. The van der Waals surface area contributed by atoms with Crippen molar-refractivity contribution in [1.82, 2.24) is 10.9 Å². The Morgan fingerprint density at radius 1 is 1.30 bits per heavy atom. The lowest BCUT2D eigenvalue weighted by atomic mass is 9.86. The van der Waals surface area contributed by atoms with Gasteiger partial charge >= 0.3 is 0 Å². The van der Waals surface area contributed by atoms with Crippen LogP contribution in [0.15, 0.2) is 0 Å². The summed E-state index contributed by atoms with van der Waals surface area (Å²) in [7, 11) is 0. The first-order valence-corrected chi connectivity index (χ1v) is 3.93. The molecule has 2 aliphatic rings. The van der Waals surface area contributed by atoms with Gasteiger partial charge in [0, 0.05) is 6.04 Å². The minimum atomic E-state index is 0.199. The third-order valence-corrected chi connectivity index (χ3v) is 2.48. The zero-order valence-electron chi connectivity index (χ0n) is 5.89. The van der Waals surface area contributed by atoms with Crippen LogP contribution in [-0.4, -0.2) is 11.9 Å². The summed E-state index contributed by atoms with van der Waals surface area (Å²) < 4.78 is 0. The van der Waals surface area contributed by atoms with Crippen molar-refractivity contribution in [2.75, 3.05) is 0 Å². The van der Waals surface area contributed by atoms with Crippen LogP contribution in [0.5, 0.6) is 0 Å². The average molecular weight is 140 g/mol. The molecule has 2 N–H and O–H groups in total. The van der Waals surface area contributed by atoms with Gasteiger partial charge in [0.15, 0.2) is 0 Å². The number of hydrogen-bond donors (Lipinski definition) is 2. The summed E-state index contributed by atoms with van der Waals surface area (Å²) >= 11 is 0. The summed E-state index contributed by atoms with van der Waals surface area (Å²) in [5, 5.41) is 0. The predicted octanol–water partition coefficient (Wildman–Crippen LogP) is 0.180. The molecule has 0 spiro atoms. The fourth-order valence-electron chi connectivity index (χ4n) is 1.87. The number of fused-ring (bicyclic) bond motifs is 1. The van der Waals surface area contributed by atoms with Crippen LogP contribution in [0.1, 0.15) is 25.7 Å². The van der Waals surface area contributed by atoms with Crippen LogP contribution in [-0.2, 0) is 4.79 Å². The third-order valence-electron chi connectivity index (χ3n) is 2.48. The van der Waals surface area contributed by atoms with Crippen LogP contribution < -0.4 is 10.9 Å². The summed E-state index contributed by atoms with van der Waals surface area (Å²) in [5.74, 6) is 0.471. The Labute approximate surface area is 60.1 Å². The highest BCUT2D eigenvalue weighted by atomic mass is 16.2. The third kappa shape index (κ3) is 0.814. The standard InChI is InChI=1S/C7H12N2O/c10-7-5-3-1-2-4-6(5)8-9-7/h5-6,8H,1-4H2,(H,9,10). The maximum atomic E-state index is 11.0. The van der Waals surface area contributed by atoms with Gasteiger partial charge in [-0.25, -0.2) is 5.43 Å². The van der Waals surface area contributed by atoms with Crippen LogP contribution >= 0.6 is 0 Å². The van der Waals surface area contributed by atoms with Gasteiger partial charge < -0.3 is 0 Å². The second-order valence-corrected chi connectivity index (χ2v) is 3.13. The van der Waals surface area contributed by atoms with Crippen molar-refractivity contribution in [2.45, 2.75) is 31.7 Å². The van der Waals surface area contributed by atoms with Crippen molar-refractivity contribution < 1.29 is 4.79 Å². The number of hydrogen-bond acceptors (Lipinski definition) is 2. The Hall–Kier alpha value is -0.570. The van der Waals surface area contributed by atoms with Gasteiger partial charge in [-0.3, -0.25) is 10.2 Å². The summed E-state index contributed by atoms with van der Waals surface area (Å²) in [6.45, 7) is 0. The van der Waals surface area contributed by atoms with E-state index in [0.29, 0.717) is 6.04 Å². The molecule has 10 heavy (non-hydrogen) atoms. The van der Waals surface area contributed by atoms with Crippen molar-refractivity contribution in [1.29, 1.82) is 0 Å². The Balaban J connectivity index is 2.08. The predicted molar refractivity (Wildman–Crippen MR) is 37.0 cm³/mol. The van der Waals surface area contributed by atoms with E-state index in [9.17, 15) is 4.79 Å². The molecule has 2 fully saturated rings. The van der Waals surface area contributed by atoms with Crippen LogP contribution in [0.4, 0.5) is 0 Å². The Kier molecular flexibility index (Phi) is 1.38. The molecule has 0 radical (unpaired) electrons. The number of rotatable bonds is 0. The van der Waals surface area contributed by atoms with Crippen molar-refractivity contribution >= 4 is 5.91 Å². The number of hydrazine groups is 1. The van der Waals surface area contributed by atoms with Gasteiger partial charge in [-0.1, -0.05) is 12.8 Å². The Morgan fingerprint density at radius 3 is 2.90 bits per heavy atom. The summed E-state index contributed by atoms with van der Waals surface area (Å²) in [4.78, 5) is 11.0. The van der Waals surface area contributed by atoms with E-state index < -0.39 is 0 Å². The lowest BCUT2D eigenvalue weighted by molar-refractivity contribution is -0.123. The van der Waals surface area contributed by atoms with E-state index in [0.717, 1.165) is 12.8 Å². The van der Waals surface area contributed by atoms with Gasteiger partial charge in [-0.2, -0.15) is 0 Å². The maximum Gasteiger partial charge on any atom is 0.238 e. The SMILES string of the molecule is O=C1NNC2CCCCC12. The molecule has 1 aliphatic carbocycles. The highest BCUT2D eigenvalue weighted by Gasteiger charge is 2.35. The molecule has 0 aromatic carbocycles. The van der Waals surface area contributed by atoms with Gasteiger partial charge in [0.2, 0.25) is 5.91 Å². The minimum Gasteiger partial charge on any atom is -0.291 e. The molecule has 2 atom stereocenters. The number of nitrogens with one attached hydrogen (secondary N) is 2. The van der Waals surface area contributed by atoms with Gasteiger partial charge in [-0.15, -0.1) is 0 Å². The normalized spacial score (nSPS) is 39.0. The summed E-state index contributed by atoms with van der Waals surface area (Å²) in [5.41, 5.74) is 5.68. The van der Waals surface area contributed by atoms with Crippen LogP contribution in [0.25, 0.3) is 0 Å². The molecule has 2 unspecified atom stereocenters. The molecular weight excluding hydrogens is 128 g/mol. The molecule has 3 heteroatoms. The fourth-order valence-corrected chi connectivity index (χ4v) is 1.87. The monoisotopic (exact) mass is 140 g/mol. The van der Waals surface area contributed by atoms with Crippen molar-refractivity contribution in [3.63, 3.8) is 0 Å². The van der Waals surface area contributed by atoms with E-state index in [1.54, 1.807) is 0 Å². The van der Waals surface area contributed by atoms with E-state index in [2.05, 4.69) is 10.9 Å². The second-order valence-electron chi connectivity index (χ2n) is 3.13. The molecule has 1 saturated heterocycles. The zero-order valence-corrected chi connectivity index (χ0v) is 5.89. The first kappa shape index (κ1) is 6.16. The highest BCUT2D eigenvalue weighted by Crippen LogP contribution is 2.26. The quantitative estimate of drug-likeness (QED) is 0.504. The van der Waals surface area contributed by atoms with Crippen molar-refractivity contribution in [3.8, 4) is 0 Å². The molecule has 2 rings (SSSR count). The van der Waals surface area contributed by atoms with E-state index in [-0.39, 0.29) is 11.8 Å². The molecule has 1 aliphatic heterocycles. The second kappa shape index (κ2) is 2.23. The lowest BCUT2D eigenvalue weighted by Crippen LogP contribution is -2.33.